The van der Waals surface area contributed by atoms with Crippen molar-refractivity contribution in [2.24, 2.45) is 0 Å². The number of carbonyl (C=O) groups excluding carboxylic acids is 1. The fourth-order valence-electron chi connectivity index (χ4n) is 5.29. The fourth-order valence-corrected chi connectivity index (χ4v) is 7.67. The number of rotatable bonds is 9. The first-order valence-corrected chi connectivity index (χ1v) is 22.1. The molecule has 1 aliphatic rings. The Kier molecular flexibility index (Phi) is 9.35. The molecule has 0 saturated carbocycles. The Hall–Kier alpha value is -3.03. The lowest BCUT2D eigenvalue weighted by atomic mass is 9.96. The number of imidazole rings is 1. The van der Waals surface area contributed by atoms with E-state index in [0.29, 0.717) is 29.8 Å². The number of Topliss-reactive ketones (excluding diaryl/α,β-unsaturated/α-hetero) is 1. The highest BCUT2D eigenvalue weighted by atomic mass is 28.4. The Morgan fingerprint density at radius 2 is 1.52 bits per heavy atom. The Balaban J connectivity index is 1.49. The average molecular weight is 659 g/mol. The van der Waals surface area contributed by atoms with Crippen molar-refractivity contribution in [3.8, 4) is 22.4 Å². The monoisotopic (exact) mass is 658 g/mol. The van der Waals surface area contributed by atoms with Crippen molar-refractivity contribution in [1.82, 2.24) is 19.5 Å². The number of fused-ring (bicyclic) bond motifs is 1. The van der Waals surface area contributed by atoms with Crippen molar-refractivity contribution in [3.63, 3.8) is 0 Å². The Morgan fingerprint density at radius 1 is 0.891 bits per heavy atom. The first-order chi connectivity index (χ1) is 21.4. The van der Waals surface area contributed by atoms with Crippen LogP contribution >= 0.6 is 0 Å². The van der Waals surface area contributed by atoms with Gasteiger partial charge in [-0.25, -0.2) is 15.0 Å². The Morgan fingerprint density at radius 3 is 2.13 bits per heavy atom. The molecule has 0 aliphatic carbocycles. The fraction of sp³-hybridized carbons (Fsp3) is 0.500. The zero-order chi connectivity index (χ0) is 33.7. The molecule has 0 radical (unpaired) electrons. The summed E-state index contributed by atoms with van der Waals surface area (Å²) < 4.78 is 22.5. The third kappa shape index (κ3) is 6.82. The van der Waals surface area contributed by atoms with Crippen molar-refractivity contribution in [2.75, 3.05) is 6.61 Å². The van der Waals surface area contributed by atoms with E-state index < -0.39 is 16.6 Å². The minimum absolute atomic E-state index is 0.0442. The molecule has 2 aromatic carbocycles. The molecule has 0 amide bonds. The lowest BCUT2D eigenvalue weighted by molar-refractivity contribution is -0.0383. The molecule has 1 saturated heterocycles. The normalized spacial score (nSPS) is 19.6. The van der Waals surface area contributed by atoms with Gasteiger partial charge in [0.2, 0.25) is 0 Å². The molecule has 3 heterocycles. The van der Waals surface area contributed by atoms with E-state index in [1.807, 2.05) is 47.3 Å². The predicted molar refractivity (Wildman–Crippen MR) is 190 cm³/mol. The second-order valence-electron chi connectivity index (χ2n) is 15.6. The number of aromatic nitrogens is 4. The predicted octanol–water partition coefficient (Wildman–Crippen LogP) is 9.06. The summed E-state index contributed by atoms with van der Waals surface area (Å²) in [5.41, 5.74) is 5.82. The SMILES string of the molecule is CC(=O)c1ccc(-c2ccccc2-c2ncnc3c2ncn3[C@H]2C[C@H](O[Si](C)(C)C(C)(C)C)[C@@H](CO[Si](C)(C)C(C)(C)C)O2)cc1. The van der Waals surface area contributed by atoms with E-state index in [0.717, 1.165) is 22.4 Å². The van der Waals surface area contributed by atoms with Crippen LogP contribution in [0.2, 0.25) is 36.3 Å². The van der Waals surface area contributed by atoms with Crippen LogP contribution in [0.5, 0.6) is 0 Å². The van der Waals surface area contributed by atoms with E-state index in [4.69, 9.17) is 28.5 Å². The summed E-state index contributed by atoms with van der Waals surface area (Å²) in [5.74, 6) is 0.0442. The molecule has 0 spiro atoms. The molecule has 0 unspecified atom stereocenters. The molecule has 5 rings (SSSR count). The van der Waals surface area contributed by atoms with Gasteiger partial charge in [-0.1, -0.05) is 90.1 Å². The van der Waals surface area contributed by atoms with Crippen LogP contribution in [-0.2, 0) is 13.6 Å². The molecule has 246 valence electrons. The van der Waals surface area contributed by atoms with Crippen LogP contribution in [0.3, 0.4) is 0 Å². The molecule has 2 aromatic heterocycles. The van der Waals surface area contributed by atoms with Gasteiger partial charge in [0.1, 0.15) is 29.9 Å². The third-order valence-corrected chi connectivity index (χ3v) is 19.3. The summed E-state index contributed by atoms with van der Waals surface area (Å²) in [7, 11) is -4.08. The van der Waals surface area contributed by atoms with E-state index in [-0.39, 0.29) is 34.3 Å². The maximum absolute atomic E-state index is 11.9. The Labute approximate surface area is 276 Å². The van der Waals surface area contributed by atoms with E-state index in [1.54, 1.807) is 13.3 Å². The largest absolute Gasteiger partial charge is 0.414 e. The van der Waals surface area contributed by atoms with Gasteiger partial charge in [0, 0.05) is 17.5 Å². The van der Waals surface area contributed by atoms with Crippen molar-refractivity contribution < 1.29 is 18.4 Å². The number of hydrogen-bond donors (Lipinski definition) is 0. The standard InChI is InChI=1S/C36H50N4O4Si2/c1-24(41)25-16-18-26(19-17-25)27-14-12-13-15-28(27)32-33-34(38-22-37-32)40(23-39-33)31-20-29(44-46(10,11)36(5,6)7)30(43-31)21-42-45(8,9)35(2,3)4/h12-19,22-23,29-31H,20-21H2,1-11H3/t29-,30+,31+/m0/s1. The maximum atomic E-state index is 11.9. The van der Waals surface area contributed by atoms with Gasteiger partial charge in [-0.05, 0) is 54.3 Å². The van der Waals surface area contributed by atoms with Crippen LogP contribution in [-0.4, -0.2) is 60.8 Å². The van der Waals surface area contributed by atoms with Gasteiger partial charge >= 0.3 is 0 Å². The average Bonchev–Trinajstić information content (AvgIpc) is 3.58. The summed E-state index contributed by atoms with van der Waals surface area (Å²) in [6.07, 6.45) is 3.49. The highest BCUT2D eigenvalue weighted by Crippen LogP contribution is 2.43. The molecule has 46 heavy (non-hydrogen) atoms. The van der Waals surface area contributed by atoms with Crippen LogP contribution in [0.25, 0.3) is 33.5 Å². The molecule has 3 atom stereocenters. The summed E-state index contributed by atoms with van der Waals surface area (Å²) in [4.78, 5) is 26.1. The second kappa shape index (κ2) is 12.5. The first-order valence-electron chi connectivity index (χ1n) is 16.3. The first kappa shape index (κ1) is 34.3. The van der Waals surface area contributed by atoms with Gasteiger partial charge in [-0.3, -0.25) is 9.36 Å². The number of nitrogens with zero attached hydrogens (tertiary/aromatic N) is 4. The van der Waals surface area contributed by atoms with Gasteiger partial charge in [-0.15, -0.1) is 0 Å². The van der Waals surface area contributed by atoms with Crippen molar-refractivity contribution in [3.05, 3.63) is 66.7 Å². The molecular formula is C36H50N4O4Si2. The van der Waals surface area contributed by atoms with Gasteiger partial charge in [0.05, 0.1) is 19.0 Å². The van der Waals surface area contributed by atoms with Crippen LogP contribution in [0.15, 0.2) is 61.2 Å². The lowest BCUT2D eigenvalue weighted by Gasteiger charge is -2.40. The summed E-state index contributed by atoms with van der Waals surface area (Å²) in [6.45, 7) is 24.8. The topological polar surface area (TPSA) is 88.4 Å². The molecule has 10 heteroatoms. The molecule has 8 nitrogen and oxygen atoms in total. The molecule has 0 N–H and O–H groups in total. The Bertz CT molecular complexity index is 1700. The minimum Gasteiger partial charge on any atom is -0.414 e. The molecule has 1 fully saturated rings. The summed E-state index contributed by atoms with van der Waals surface area (Å²) >= 11 is 0. The van der Waals surface area contributed by atoms with Crippen molar-refractivity contribution >= 4 is 33.6 Å². The van der Waals surface area contributed by atoms with Crippen LogP contribution in [0, 0.1) is 0 Å². The quantitative estimate of drug-likeness (QED) is 0.131. The number of benzene rings is 2. The van der Waals surface area contributed by atoms with E-state index in [9.17, 15) is 4.79 Å². The molecule has 1 aliphatic heterocycles. The number of ketones is 1. The highest BCUT2D eigenvalue weighted by molar-refractivity contribution is 6.74. The van der Waals surface area contributed by atoms with Gasteiger partial charge < -0.3 is 13.6 Å². The van der Waals surface area contributed by atoms with E-state index in [1.165, 1.54) is 0 Å². The lowest BCUT2D eigenvalue weighted by Crippen LogP contribution is -2.48. The van der Waals surface area contributed by atoms with Crippen LogP contribution < -0.4 is 0 Å². The van der Waals surface area contributed by atoms with Gasteiger partial charge in [0.15, 0.2) is 28.1 Å². The van der Waals surface area contributed by atoms with Gasteiger partial charge in [-0.2, -0.15) is 0 Å². The van der Waals surface area contributed by atoms with Crippen LogP contribution in [0.1, 0.15) is 71.5 Å². The van der Waals surface area contributed by atoms with Crippen molar-refractivity contribution in [1.29, 1.82) is 0 Å². The zero-order valence-corrected chi connectivity index (χ0v) is 31.3. The van der Waals surface area contributed by atoms with Crippen LogP contribution in [0.4, 0.5) is 0 Å². The number of carbonyl (C=O) groups is 1. The molecule has 0 bridgehead atoms. The third-order valence-electron chi connectivity index (χ3n) is 10.3. The highest BCUT2D eigenvalue weighted by Gasteiger charge is 2.47. The van der Waals surface area contributed by atoms with Gasteiger partial charge in [0.25, 0.3) is 0 Å². The zero-order valence-electron chi connectivity index (χ0n) is 29.3. The summed E-state index contributed by atoms with van der Waals surface area (Å²) in [6, 6.07) is 15.8. The molecular weight excluding hydrogens is 609 g/mol. The van der Waals surface area contributed by atoms with E-state index >= 15 is 0 Å². The number of hydrogen-bond acceptors (Lipinski definition) is 7. The number of ether oxygens (including phenoxy) is 1. The summed E-state index contributed by atoms with van der Waals surface area (Å²) in [5, 5.41) is 0.167. The van der Waals surface area contributed by atoms with E-state index in [2.05, 4.69) is 79.9 Å². The molecule has 4 aromatic rings. The smallest absolute Gasteiger partial charge is 0.192 e. The maximum Gasteiger partial charge on any atom is 0.192 e. The minimum atomic E-state index is -2.09. The second-order valence-corrected chi connectivity index (χ2v) is 25.1. The van der Waals surface area contributed by atoms with Crippen molar-refractivity contribution in [2.45, 2.75) is 110 Å².